The number of hydrogen-bond acceptors (Lipinski definition) is 2. The van der Waals surface area contributed by atoms with Crippen molar-refractivity contribution in [1.82, 2.24) is 9.88 Å². The van der Waals surface area contributed by atoms with Crippen LogP contribution < -0.4 is 0 Å². The molecule has 0 spiro atoms. The molecule has 1 aromatic carbocycles. The first-order valence-corrected chi connectivity index (χ1v) is 7.26. The van der Waals surface area contributed by atoms with E-state index in [1.54, 1.807) is 0 Å². The highest BCUT2D eigenvalue weighted by molar-refractivity contribution is 6.05. The van der Waals surface area contributed by atoms with E-state index in [2.05, 4.69) is 4.98 Å². The number of carbonyl (C=O) groups excluding carboxylic acids is 1. The molecule has 1 atom stereocenters. The van der Waals surface area contributed by atoms with Gasteiger partial charge in [0.15, 0.2) is 0 Å². The maximum Gasteiger partial charge on any atom is 0.256 e. The number of H-pyrrole nitrogens is 1. The zero-order valence-corrected chi connectivity index (χ0v) is 11.8. The van der Waals surface area contributed by atoms with Gasteiger partial charge in [0.05, 0.1) is 17.2 Å². The molecule has 1 aromatic heterocycles. The second-order valence-electron chi connectivity index (χ2n) is 5.22. The average molecular weight is 272 g/mol. The molecule has 1 amide bonds. The van der Waals surface area contributed by atoms with Crippen molar-refractivity contribution in [3.05, 3.63) is 36.0 Å². The van der Waals surface area contributed by atoms with E-state index in [0.717, 1.165) is 35.9 Å². The Balaban J connectivity index is 1.83. The van der Waals surface area contributed by atoms with Crippen molar-refractivity contribution < 1.29 is 9.53 Å². The van der Waals surface area contributed by atoms with E-state index in [1.807, 2.05) is 42.3 Å². The number of ether oxygens (including phenoxy) is 1. The molecule has 20 heavy (non-hydrogen) atoms. The molecule has 0 radical (unpaired) electrons. The number of amides is 1. The summed E-state index contributed by atoms with van der Waals surface area (Å²) in [7, 11) is 0. The van der Waals surface area contributed by atoms with Crippen molar-refractivity contribution in [1.29, 1.82) is 0 Å². The number of aromatic nitrogens is 1. The van der Waals surface area contributed by atoms with Gasteiger partial charge < -0.3 is 14.6 Å². The molecular formula is C16H20N2O2. The van der Waals surface area contributed by atoms with Crippen LogP contribution in [0.1, 0.15) is 30.1 Å². The van der Waals surface area contributed by atoms with E-state index in [4.69, 9.17) is 4.74 Å². The highest BCUT2D eigenvalue weighted by Gasteiger charge is 2.25. The molecule has 1 N–H and O–H groups in total. The Hall–Kier alpha value is -1.81. The zero-order valence-electron chi connectivity index (χ0n) is 11.8. The van der Waals surface area contributed by atoms with Crippen LogP contribution in [0, 0.1) is 0 Å². The molecule has 2 aromatic rings. The Morgan fingerprint density at radius 2 is 2.35 bits per heavy atom. The quantitative estimate of drug-likeness (QED) is 0.933. The van der Waals surface area contributed by atoms with Crippen LogP contribution in [0.25, 0.3) is 10.9 Å². The maximum absolute atomic E-state index is 12.7. The summed E-state index contributed by atoms with van der Waals surface area (Å²) in [5.74, 6) is 0.0995. The van der Waals surface area contributed by atoms with Crippen LogP contribution in [0.2, 0.25) is 0 Å². The third-order valence-corrected chi connectivity index (χ3v) is 3.89. The normalized spacial score (nSPS) is 19.4. The molecule has 1 aliphatic rings. The van der Waals surface area contributed by atoms with E-state index >= 15 is 0 Å². The first kappa shape index (κ1) is 13.2. The van der Waals surface area contributed by atoms with Gasteiger partial charge in [0.2, 0.25) is 0 Å². The number of hydrogen-bond donors (Lipinski definition) is 1. The first-order chi connectivity index (χ1) is 9.79. The lowest BCUT2D eigenvalue weighted by Crippen LogP contribution is -2.43. The van der Waals surface area contributed by atoms with Gasteiger partial charge in [0, 0.05) is 31.3 Å². The van der Waals surface area contributed by atoms with Gasteiger partial charge in [-0.1, -0.05) is 12.1 Å². The van der Waals surface area contributed by atoms with Gasteiger partial charge in [0.25, 0.3) is 5.91 Å². The Kier molecular flexibility index (Phi) is 3.74. The summed E-state index contributed by atoms with van der Waals surface area (Å²) in [6, 6.07) is 7.84. The van der Waals surface area contributed by atoms with Gasteiger partial charge >= 0.3 is 0 Å². The molecule has 1 fully saturated rings. The molecule has 3 rings (SSSR count). The fourth-order valence-electron chi connectivity index (χ4n) is 2.93. The van der Waals surface area contributed by atoms with E-state index in [9.17, 15) is 4.79 Å². The van der Waals surface area contributed by atoms with Crippen LogP contribution >= 0.6 is 0 Å². The van der Waals surface area contributed by atoms with Gasteiger partial charge in [-0.25, -0.2) is 0 Å². The number of nitrogens with zero attached hydrogens (tertiary/aromatic N) is 1. The van der Waals surface area contributed by atoms with Crippen LogP contribution in [-0.4, -0.2) is 41.6 Å². The lowest BCUT2D eigenvalue weighted by molar-refractivity contribution is 0.00731. The van der Waals surface area contributed by atoms with Gasteiger partial charge in [-0.05, 0) is 31.9 Å². The minimum Gasteiger partial charge on any atom is -0.377 e. The molecule has 1 saturated heterocycles. The topological polar surface area (TPSA) is 45.3 Å². The number of carbonyl (C=O) groups is 1. The van der Waals surface area contributed by atoms with E-state index in [-0.39, 0.29) is 12.0 Å². The molecular weight excluding hydrogens is 252 g/mol. The van der Waals surface area contributed by atoms with Crippen molar-refractivity contribution in [3.8, 4) is 0 Å². The Labute approximate surface area is 118 Å². The highest BCUT2D eigenvalue weighted by Crippen LogP contribution is 2.21. The van der Waals surface area contributed by atoms with E-state index in [0.29, 0.717) is 13.2 Å². The summed E-state index contributed by atoms with van der Waals surface area (Å²) in [6.07, 6.45) is 4.11. The Morgan fingerprint density at radius 1 is 1.45 bits per heavy atom. The van der Waals surface area contributed by atoms with Crippen LogP contribution in [0.3, 0.4) is 0 Å². The van der Waals surface area contributed by atoms with Gasteiger partial charge in [-0.15, -0.1) is 0 Å². The minimum absolute atomic E-state index is 0.0995. The molecule has 4 nitrogen and oxygen atoms in total. The Morgan fingerprint density at radius 3 is 3.20 bits per heavy atom. The summed E-state index contributed by atoms with van der Waals surface area (Å²) in [5.41, 5.74) is 1.68. The molecule has 106 valence electrons. The number of aromatic amines is 1. The molecule has 1 aliphatic heterocycles. The summed E-state index contributed by atoms with van der Waals surface area (Å²) in [4.78, 5) is 17.8. The molecule has 0 saturated carbocycles. The van der Waals surface area contributed by atoms with Crippen molar-refractivity contribution >= 4 is 16.8 Å². The number of rotatable bonds is 3. The smallest absolute Gasteiger partial charge is 0.256 e. The first-order valence-electron chi connectivity index (χ1n) is 7.26. The Bertz CT molecular complexity index is 603. The van der Waals surface area contributed by atoms with Gasteiger partial charge in [-0.3, -0.25) is 4.79 Å². The van der Waals surface area contributed by atoms with Crippen molar-refractivity contribution in [2.24, 2.45) is 0 Å². The SMILES string of the molecule is CCOC1CCCN(C(=O)c2cccc3cc[nH]c23)C1. The lowest BCUT2D eigenvalue weighted by atomic mass is 10.1. The standard InChI is InChI=1S/C16H20N2O2/c1-2-20-13-6-4-10-18(11-13)16(19)14-7-3-5-12-8-9-17-15(12)14/h3,5,7-9,13,17H,2,4,6,10-11H2,1H3. The number of likely N-dealkylation sites (tertiary alicyclic amines) is 1. The number of para-hydroxylation sites is 1. The number of fused-ring (bicyclic) bond motifs is 1. The average Bonchev–Trinajstić information content (AvgIpc) is 2.95. The van der Waals surface area contributed by atoms with Crippen LogP contribution in [0.15, 0.2) is 30.5 Å². The third kappa shape index (κ3) is 2.43. The number of nitrogens with one attached hydrogen (secondary N) is 1. The predicted octanol–water partition coefficient (Wildman–Crippen LogP) is 2.81. The molecule has 1 unspecified atom stereocenters. The lowest BCUT2D eigenvalue weighted by Gasteiger charge is -2.32. The van der Waals surface area contributed by atoms with Crippen molar-refractivity contribution in [2.75, 3.05) is 19.7 Å². The maximum atomic E-state index is 12.7. The van der Waals surface area contributed by atoms with Gasteiger partial charge in [-0.2, -0.15) is 0 Å². The summed E-state index contributed by atoms with van der Waals surface area (Å²) >= 11 is 0. The van der Waals surface area contributed by atoms with E-state index < -0.39 is 0 Å². The predicted molar refractivity (Wildman–Crippen MR) is 78.9 cm³/mol. The molecule has 0 bridgehead atoms. The summed E-state index contributed by atoms with van der Waals surface area (Å²) in [6.45, 7) is 4.22. The number of piperidine rings is 1. The fourth-order valence-corrected chi connectivity index (χ4v) is 2.93. The van der Waals surface area contributed by atoms with Crippen LogP contribution in [0.4, 0.5) is 0 Å². The number of benzene rings is 1. The molecule has 0 aliphatic carbocycles. The molecule has 4 heteroatoms. The van der Waals surface area contributed by atoms with Crippen LogP contribution in [0.5, 0.6) is 0 Å². The monoisotopic (exact) mass is 272 g/mol. The second-order valence-corrected chi connectivity index (χ2v) is 5.22. The summed E-state index contributed by atoms with van der Waals surface area (Å²) < 4.78 is 5.67. The van der Waals surface area contributed by atoms with E-state index in [1.165, 1.54) is 0 Å². The fraction of sp³-hybridized carbons (Fsp3) is 0.438. The highest BCUT2D eigenvalue weighted by atomic mass is 16.5. The largest absolute Gasteiger partial charge is 0.377 e. The van der Waals surface area contributed by atoms with Crippen molar-refractivity contribution in [2.45, 2.75) is 25.9 Å². The summed E-state index contributed by atoms with van der Waals surface area (Å²) in [5, 5.41) is 1.08. The molecule has 2 heterocycles. The third-order valence-electron chi connectivity index (χ3n) is 3.89. The second kappa shape index (κ2) is 5.67. The minimum atomic E-state index is 0.0995. The van der Waals surface area contributed by atoms with Crippen LogP contribution in [-0.2, 0) is 4.74 Å². The van der Waals surface area contributed by atoms with Crippen molar-refractivity contribution in [3.63, 3.8) is 0 Å². The zero-order chi connectivity index (χ0) is 13.9. The van der Waals surface area contributed by atoms with Gasteiger partial charge in [0.1, 0.15) is 0 Å².